The van der Waals surface area contributed by atoms with Crippen LogP contribution in [0.15, 0.2) is 152 Å². The first kappa shape index (κ1) is 26.4. The Morgan fingerprint density at radius 1 is 0.404 bits per heavy atom. The quantitative estimate of drug-likeness (QED) is 0.151. The molecule has 2 amide bonds. The van der Waals surface area contributed by atoms with Crippen molar-refractivity contribution in [1.29, 1.82) is 0 Å². The first-order valence-corrected chi connectivity index (χ1v) is 16.1. The zero-order valence-electron chi connectivity index (χ0n) is 25.3. The normalized spacial score (nSPS) is 24.4. The molecule has 1 saturated heterocycles. The van der Waals surface area contributed by atoms with Gasteiger partial charge in [-0.15, -0.1) is 0 Å². The van der Waals surface area contributed by atoms with E-state index < -0.39 is 22.7 Å². The number of amides is 2. The highest BCUT2D eigenvalue weighted by atomic mass is 16.2. The molecule has 1 saturated carbocycles. The van der Waals surface area contributed by atoms with Gasteiger partial charge in [-0.05, 0) is 55.3 Å². The average Bonchev–Trinajstić information content (AvgIpc) is 3.64. The molecular formula is C43H27NO3. The van der Waals surface area contributed by atoms with Gasteiger partial charge in [0.1, 0.15) is 0 Å². The largest absolute Gasteiger partial charge is 0.297 e. The van der Waals surface area contributed by atoms with E-state index in [2.05, 4.69) is 24.3 Å². The Morgan fingerprint density at radius 3 is 1.32 bits per heavy atom. The minimum absolute atomic E-state index is 0.0897. The predicted molar refractivity (Wildman–Crippen MR) is 184 cm³/mol. The number of Topliss-reactive ketones (excluding diaryl/α,β-unsaturated/α-hetero) is 1. The second kappa shape index (κ2) is 9.11. The van der Waals surface area contributed by atoms with Crippen LogP contribution in [0.1, 0.15) is 22.3 Å². The molecule has 0 aromatic heterocycles. The van der Waals surface area contributed by atoms with Gasteiger partial charge in [0.2, 0.25) is 11.8 Å². The molecule has 0 spiro atoms. The molecular weight excluding hydrogens is 578 g/mol. The highest BCUT2D eigenvalue weighted by Crippen LogP contribution is 2.72. The first-order valence-electron chi connectivity index (χ1n) is 16.1. The van der Waals surface area contributed by atoms with Gasteiger partial charge in [-0.1, -0.05) is 146 Å². The van der Waals surface area contributed by atoms with E-state index in [1.54, 1.807) is 0 Å². The molecule has 1 heterocycles. The number of ketones is 1. The van der Waals surface area contributed by atoms with Crippen molar-refractivity contribution in [3.63, 3.8) is 0 Å². The van der Waals surface area contributed by atoms with Crippen molar-refractivity contribution in [2.45, 2.75) is 10.8 Å². The summed E-state index contributed by atoms with van der Waals surface area (Å²) < 4.78 is 0. The molecule has 4 heteroatoms. The van der Waals surface area contributed by atoms with Crippen molar-refractivity contribution >= 4 is 55.6 Å². The Labute approximate surface area is 270 Å². The van der Waals surface area contributed by atoms with Crippen molar-refractivity contribution < 1.29 is 14.4 Å². The molecule has 0 N–H and O–H groups in total. The zero-order valence-corrected chi connectivity index (χ0v) is 25.3. The van der Waals surface area contributed by atoms with Gasteiger partial charge in [0.15, 0.2) is 5.78 Å². The van der Waals surface area contributed by atoms with Crippen LogP contribution < -0.4 is 4.90 Å². The molecule has 2 bridgehead atoms. The van der Waals surface area contributed by atoms with Gasteiger partial charge < -0.3 is 0 Å². The Morgan fingerprint density at radius 2 is 0.809 bits per heavy atom. The van der Waals surface area contributed by atoms with Crippen molar-refractivity contribution in [1.82, 2.24) is 0 Å². The lowest BCUT2D eigenvalue weighted by molar-refractivity contribution is -0.130. The Hall–Kier alpha value is -5.87. The standard InChI is InChI=1S/C43H27NO3/c45-39-37-38(40(46)44(39)34-25-13-15-26-14-7-8-20-29(26)34)43(28-18-5-2-6-19-28)36-33-24-12-10-22-31(33)30-21-9-11-23-32(30)35(36)42(37,41(43)47)27-16-3-1-4-17-27/h1-25,37-38H. The number of hydrogen-bond acceptors (Lipinski definition) is 3. The Kier molecular flexibility index (Phi) is 5.11. The third-order valence-electron chi connectivity index (χ3n) is 11.1. The van der Waals surface area contributed by atoms with Crippen molar-refractivity contribution in [3.8, 4) is 0 Å². The first-order chi connectivity index (χ1) is 23.1. The van der Waals surface area contributed by atoms with Gasteiger partial charge in [0, 0.05) is 5.39 Å². The second-order valence-electron chi connectivity index (χ2n) is 13.0. The van der Waals surface area contributed by atoms with Crippen LogP contribution in [0, 0.1) is 11.8 Å². The van der Waals surface area contributed by atoms with E-state index in [9.17, 15) is 0 Å². The summed E-state index contributed by atoms with van der Waals surface area (Å²) in [5, 5.41) is 5.71. The number of rotatable bonds is 3. The predicted octanol–water partition coefficient (Wildman–Crippen LogP) is 8.12. The molecule has 4 atom stereocenters. The summed E-state index contributed by atoms with van der Waals surface area (Å²) in [7, 11) is 0. The van der Waals surface area contributed by atoms with E-state index in [0.717, 1.165) is 54.6 Å². The SMILES string of the molecule is O=C1C2C(C(=O)N1c1cccc3ccccc13)C1(c3ccccc3)C(=O)C2(c2ccccc2)c2c1c1ccccc1c1ccccc21. The molecule has 10 rings (SSSR count). The van der Waals surface area contributed by atoms with Crippen LogP contribution in [0.4, 0.5) is 5.69 Å². The summed E-state index contributed by atoms with van der Waals surface area (Å²) in [6.07, 6.45) is 0. The Balaban J connectivity index is 1.41. The number of hydrogen-bond donors (Lipinski definition) is 0. The van der Waals surface area contributed by atoms with E-state index in [4.69, 9.17) is 0 Å². The fourth-order valence-electron chi connectivity index (χ4n) is 9.59. The topological polar surface area (TPSA) is 54.5 Å². The molecule has 7 aromatic carbocycles. The minimum atomic E-state index is -1.38. The third-order valence-corrected chi connectivity index (χ3v) is 11.1. The summed E-state index contributed by atoms with van der Waals surface area (Å²) in [5.74, 6) is -2.60. The van der Waals surface area contributed by atoms with E-state index >= 15 is 14.4 Å². The number of imide groups is 1. The van der Waals surface area contributed by atoms with Gasteiger partial charge >= 0.3 is 0 Å². The van der Waals surface area contributed by atoms with Gasteiger partial charge in [0.05, 0.1) is 28.4 Å². The molecule has 2 aliphatic carbocycles. The summed E-state index contributed by atoms with van der Waals surface area (Å²) in [6.45, 7) is 0. The average molecular weight is 606 g/mol. The van der Waals surface area contributed by atoms with Crippen LogP contribution in [0.25, 0.3) is 32.3 Å². The minimum Gasteiger partial charge on any atom is -0.297 e. The lowest BCUT2D eigenvalue weighted by Crippen LogP contribution is -2.45. The number of carbonyl (C=O) groups is 3. The maximum atomic E-state index is 16.0. The summed E-state index contributed by atoms with van der Waals surface area (Å²) in [6, 6.07) is 49.4. The zero-order chi connectivity index (χ0) is 31.5. The Bertz CT molecular complexity index is 2370. The van der Waals surface area contributed by atoms with E-state index in [1.807, 2.05) is 127 Å². The molecule has 2 fully saturated rings. The van der Waals surface area contributed by atoms with Crippen LogP contribution in [-0.4, -0.2) is 17.6 Å². The maximum Gasteiger partial charge on any atom is 0.239 e. The van der Waals surface area contributed by atoms with Crippen molar-refractivity contribution in [2.24, 2.45) is 11.8 Å². The summed E-state index contributed by atoms with van der Waals surface area (Å²) >= 11 is 0. The van der Waals surface area contributed by atoms with Crippen molar-refractivity contribution in [3.05, 3.63) is 174 Å². The molecule has 47 heavy (non-hydrogen) atoms. The van der Waals surface area contributed by atoms with E-state index in [1.165, 1.54) is 4.90 Å². The van der Waals surface area contributed by atoms with Crippen molar-refractivity contribution in [2.75, 3.05) is 4.90 Å². The molecule has 4 unspecified atom stereocenters. The lowest BCUT2D eigenvalue weighted by atomic mass is 9.59. The number of anilines is 1. The van der Waals surface area contributed by atoms with E-state index in [0.29, 0.717) is 5.69 Å². The molecule has 0 radical (unpaired) electrons. The van der Waals surface area contributed by atoms with Crippen LogP contribution in [-0.2, 0) is 25.2 Å². The third kappa shape index (κ3) is 2.93. The highest BCUT2D eigenvalue weighted by Gasteiger charge is 2.82. The van der Waals surface area contributed by atoms with Crippen LogP contribution in [0.5, 0.6) is 0 Å². The summed E-state index contributed by atoms with van der Waals surface area (Å²) in [4.78, 5) is 48.0. The maximum absolute atomic E-state index is 16.0. The molecule has 1 aliphatic heterocycles. The molecule has 7 aromatic rings. The fourth-order valence-corrected chi connectivity index (χ4v) is 9.59. The van der Waals surface area contributed by atoms with E-state index in [-0.39, 0.29) is 17.6 Å². The second-order valence-corrected chi connectivity index (χ2v) is 13.0. The van der Waals surface area contributed by atoms with Gasteiger partial charge in [-0.25, -0.2) is 4.90 Å². The fraction of sp³-hybridized carbons (Fsp3) is 0.0930. The monoisotopic (exact) mass is 605 g/mol. The van der Waals surface area contributed by atoms with Gasteiger partial charge in [0.25, 0.3) is 0 Å². The van der Waals surface area contributed by atoms with Crippen LogP contribution in [0.3, 0.4) is 0 Å². The van der Waals surface area contributed by atoms with Crippen LogP contribution in [0.2, 0.25) is 0 Å². The lowest BCUT2D eigenvalue weighted by Gasteiger charge is -2.38. The number of carbonyl (C=O) groups excluding carboxylic acids is 3. The number of nitrogens with zero attached hydrogens (tertiary/aromatic N) is 1. The van der Waals surface area contributed by atoms with Gasteiger partial charge in [-0.3, -0.25) is 14.4 Å². The molecule has 4 nitrogen and oxygen atoms in total. The highest BCUT2D eigenvalue weighted by molar-refractivity contribution is 6.35. The number of fused-ring (bicyclic) bond motifs is 14. The van der Waals surface area contributed by atoms with Gasteiger partial charge in [-0.2, -0.15) is 0 Å². The van der Waals surface area contributed by atoms with Crippen LogP contribution >= 0.6 is 0 Å². The molecule has 3 aliphatic rings. The number of benzene rings is 7. The smallest absolute Gasteiger partial charge is 0.239 e. The summed E-state index contributed by atoms with van der Waals surface area (Å²) in [5.41, 5.74) is 1.00. The molecule has 222 valence electrons.